The lowest BCUT2D eigenvalue weighted by Crippen LogP contribution is -2.45. The van der Waals surface area contributed by atoms with Gasteiger partial charge in [0.2, 0.25) is 5.91 Å². The fraction of sp³-hybridized carbons (Fsp3) is 0.450. The van der Waals surface area contributed by atoms with E-state index in [1.54, 1.807) is 13.2 Å². The summed E-state index contributed by atoms with van der Waals surface area (Å²) in [6, 6.07) is 10.2. The van der Waals surface area contributed by atoms with Crippen molar-refractivity contribution in [2.24, 2.45) is 10.9 Å². The summed E-state index contributed by atoms with van der Waals surface area (Å²) in [5.41, 5.74) is 2.23. The Kier molecular flexibility index (Phi) is 6.46. The number of piperidine rings is 1. The molecule has 0 atom stereocenters. The molecule has 1 aliphatic heterocycles. The van der Waals surface area contributed by atoms with Crippen LogP contribution in [0.4, 0.5) is 0 Å². The first-order valence-corrected chi connectivity index (χ1v) is 9.45. The van der Waals surface area contributed by atoms with Gasteiger partial charge in [-0.2, -0.15) is 5.10 Å². The van der Waals surface area contributed by atoms with Crippen molar-refractivity contribution in [3.05, 3.63) is 48.3 Å². The Labute approximate surface area is 160 Å². The average Bonchev–Trinajstić information content (AvgIpc) is 3.24. The third-order valence-corrected chi connectivity index (χ3v) is 5.06. The van der Waals surface area contributed by atoms with Crippen molar-refractivity contribution in [3.8, 4) is 5.69 Å². The van der Waals surface area contributed by atoms with Crippen LogP contribution in [-0.4, -0.2) is 53.7 Å². The van der Waals surface area contributed by atoms with Gasteiger partial charge in [-0.3, -0.25) is 9.79 Å². The van der Waals surface area contributed by atoms with Gasteiger partial charge < -0.3 is 15.5 Å². The molecule has 0 spiro atoms. The van der Waals surface area contributed by atoms with Crippen molar-refractivity contribution in [2.45, 2.75) is 25.8 Å². The third-order valence-electron chi connectivity index (χ3n) is 5.06. The molecule has 2 N–H and O–H groups in total. The van der Waals surface area contributed by atoms with Gasteiger partial charge in [-0.1, -0.05) is 18.2 Å². The second-order valence-electron chi connectivity index (χ2n) is 6.79. The van der Waals surface area contributed by atoms with E-state index in [1.807, 2.05) is 36.1 Å². The van der Waals surface area contributed by atoms with E-state index in [1.165, 1.54) is 0 Å². The zero-order chi connectivity index (χ0) is 19.1. The van der Waals surface area contributed by atoms with Crippen molar-refractivity contribution in [1.29, 1.82) is 0 Å². The maximum absolute atomic E-state index is 11.6. The lowest BCUT2D eigenvalue weighted by atomic mass is 9.93. The zero-order valence-electron chi connectivity index (χ0n) is 16.1. The number of benzene rings is 1. The van der Waals surface area contributed by atoms with Crippen molar-refractivity contribution in [2.75, 3.05) is 27.2 Å². The van der Waals surface area contributed by atoms with Crippen molar-refractivity contribution >= 4 is 11.9 Å². The number of guanidine groups is 1. The number of hydrogen-bond donors (Lipinski definition) is 2. The number of para-hydroxylation sites is 1. The molecule has 1 aliphatic rings. The minimum absolute atomic E-state index is 0.131. The van der Waals surface area contributed by atoms with Gasteiger partial charge >= 0.3 is 0 Å². The Morgan fingerprint density at radius 1 is 1.26 bits per heavy atom. The molecule has 1 saturated heterocycles. The topological polar surface area (TPSA) is 74.5 Å². The van der Waals surface area contributed by atoms with Gasteiger partial charge in [0.15, 0.2) is 5.96 Å². The number of nitrogens with zero attached hydrogens (tertiary/aromatic N) is 4. The van der Waals surface area contributed by atoms with Crippen LogP contribution >= 0.6 is 0 Å². The molecule has 0 bridgehead atoms. The molecule has 2 aromatic rings. The maximum Gasteiger partial charge on any atom is 0.220 e. The van der Waals surface area contributed by atoms with Crippen molar-refractivity contribution in [1.82, 2.24) is 25.3 Å². The molecule has 0 aliphatic carbocycles. The van der Waals surface area contributed by atoms with Gasteiger partial charge in [0, 0.05) is 52.5 Å². The first-order chi connectivity index (χ1) is 13.2. The first kappa shape index (κ1) is 18.9. The van der Waals surface area contributed by atoms with E-state index in [9.17, 15) is 4.79 Å². The van der Waals surface area contributed by atoms with E-state index < -0.39 is 0 Å². The predicted octanol–water partition coefficient (Wildman–Crippen LogP) is 1.80. The third kappa shape index (κ3) is 4.87. The second kappa shape index (κ2) is 9.21. The molecule has 2 heterocycles. The number of rotatable bonds is 5. The standard InChI is InChI=1S/C20H28N6O/c1-21-19(27)14-16-8-12-25(13-9-16)20(22-2)23-15-17-6-3-4-7-18(17)26-11-5-10-24-26/h3-7,10-11,16H,8-9,12-15H2,1-2H3,(H,21,27)(H,22,23). The number of aliphatic imine (C=N–C) groups is 1. The average molecular weight is 368 g/mol. The summed E-state index contributed by atoms with van der Waals surface area (Å²) in [7, 11) is 3.52. The second-order valence-corrected chi connectivity index (χ2v) is 6.79. The van der Waals surface area contributed by atoms with Gasteiger partial charge in [-0.25, -0.2) is 4.68 Å². The number of carbonyl (C=O) groups excluding carboxylic acids is 1. The van der Waals surface area contributed by atoms with E-state index >= 15 is 0 Å². The van der Waals surface area contributed by atoms with Crippen LogP contribution in [0, 0.1) is 5.92 Å². The number of amides is 1. The molecule has 7 heteroatoms. The van der Waals surface area contributed by atoms with Crippen LogP contribution in [0.5, 0.6) is 0 Å². The highest BCUT2D eigenvalue weighted by molar-refractivity contribution is 5.80. The summed E-state index contributed by atoms with van der Waals surface area (Å²) < 4.78 is 1.88. The van der Waals surface area contributed by atoms with Gasteiger partial charge in [0.25, 0.3) is 0 Å². The number of likely N-dealkylation sites (tertiary alicyclic amines) is 1. The number of aromatic nitrogens is 2. The summed E-state index contributed by atoms with van der Waals surface area (Å²) >= 11 is 0. The Hall–Kier alpha value is -2.83. The van der Waals surface area contributed by atoms with Crippen molar-refractivity contribution < 1.29 is 4.79 Å². The number of hydrogen-bond acceptors (Lipinski definition) is 3. The highest BCUT2D eigenvalue weighted by atomic mass is 16.1. The van der Waals surface area contributed by atoms with Gasteiger partial charge in [-0.15, -0.1) is 0 Å². The van der Waals surface area contributed by atoms with Gasteiger partial charge in [-0.05, 0) is 36.5 Å². The number of carbonyl (C=O) groups is 1. The molecule has 1 fully saturated rings. The van der Waals surface area contributed by atoms with Crippen LogP contribution < -0.4 is 10.6 Å². The minimum atomic E-state index is 0.131. The largest absolute Gasteiger partial charge is 0.359 e. The molecule has 1 aromatic carbocycles. The molecule has 7 nitrogen and oxygen atoms in total. The summed E-state index contributed by atoms with van der Waals surface area (Å²) in [6.45, 7) is 2.52. The quantitative estimate of drug-likeness (QED) is 0.623. The molecule has 27 heavy (non-hydrogen) atoms. The fourth-order valence-electron chi connectivity index (χ4n) is 3.51. The van der Waals surface area contributed by atoms with Crippen LogP contribution in [0.25, 0.3) is 5.69 Å². The molecule has 0 saturated carbocycles. The van der Waals surface area contributed by atoms with Crippen LogP contribution in [0.1, 0.15) is 24.8 Å². The lowest BCUT2D eigenvalue weighted by molar-refractivity contribution is -0.121. The van der Waals surface area contributed by atoms with Crippen LogP contribution in [0.2, 0.25) is 0 Å². The smallest absolute Gasteiger partial charge is 0.220 e. The van der Waals surface area contributed by atoms with E-state index in [4.69, 9.17) is 0 Å². The van der Waals surface area contributed by atoms with E-state index in [0.29, 0.717) is 18.9 Å². The monoisotopic (exact) mass is 368 g/mol. The van der Waals surface area contributed by atoms with Gasteiger partial charge in [0.1, 0.15) is 0 Å². The Balaban J connectivity index is 1.57. The molecule has 1 aromatic heterocycles. The highest BCUT2D eigenvalue weighted by Crippen LogP contribution is 2.20. The zero-order valence-corrected chi connectivity index (χ0v) is 16.1. The summed E-state index contributed by atoms with van der Waals surface area (Å²) in [5, 5.41) is 10.5. The summed E-state index contributed by atoms with van der Waals surface area (Å²) in [5.74, 6) is 1.50. The molecule has 3 rings (SSSR count). The molecule has 1 amide bonds. The fourth-order valence-corrected chi connectivity index (χ4v) is 3.51. The highest BCUT2D eigenvalue weighted by Gasteiger charge is 2.23. The first-order valence-electron chi connectivity index (χ1n) is 9.45. The molecule has 144 valence electrons. The van der Waals surface area contributed by atoms with Crippen LogP contribution in [-0.2, 0) is 11.3 Å². The molecular formula is C20H28N6O. The summed E-state index contributed by atoms with van der Waals surface area (Å²) in [4.78, 5) is 18.3. The maximum atomic E-state index is 11.6. The SMILES string of the molecule is CN=C(NCc1ccccc1-n1cccn1)N1CCC(CC(=O)NC)CC1. The Morgan fingerprint density at radius 3 is 2.70 bits per heavy atom. The molecular weight excluding hydrogens is 340 g/mol. The normalized spacial score (nSPS) is 15.6. The lowest BCUT2D eigenvalue weighted by Gasteiger charge is -2.34. The molecule has 0 radical (unpaired) electrons. The molecule has 0 unspecified atom stereocenters. The Bertz CT molecular complexity index is 763. The summed E-state index contributed by atoms with van der Waals surface area (Å²) in [6.07, 6.45) is 6.38. The van der Waals surface area contributed by atoms with E-state index in [-0.39, 0.29) is 5.91 Å². The van der Waals surface area contributed by atoms with E-state index in [0.717, 1.165) is 43.1 Å². The van der Waals surface area contributed by atoms with Gasteiger partial charge in [0.05, 0.1) is 5.69 Å². The Morgan fingerprint density at radius 2 is 2.04 bits per heavy atom. The van der Waals surface area contributed by atoms with Crippen LogP contribution in [0.3, 0.4) is 0 Å². The predicted molar refractivity (Wildman–Crippen MR) is 107 cm³/mol. The van der Waals surface area contributed by atoms with Crippen LogP contribution in [0.15, 0.2) is 47.7 Å². The number of nitrogens with one attached hydrogen (secondary N) is 2. The van der Waals surface area contributed by atoms with Crippen molar-refractivity contribution in [3.63, 3.8) is 0 Å². The minimum Gasteiger partial charge on any atom is -0.359 e. The van der Waals surface area contributed by atoms with E-state index in [2.05, 4.69) is 37.8 Å².